The second kappa shape index (κ2) is 15.3. The molecule has 2 atom stereocenters. The number of amides is 4. The lowest BCUT2D eigenvalue weighted by Crippen LogP contribution is -2.45. The van der Waals surface area contributed by atoms with Crippen molar-refractivity contribution >= 4 is 29.3 Å². The van der Waals surface area contributed by atoms with Crippen molar-refractivity contribution in [1.82, 2.24) is 20.5 Å². The van der Waals surface area contributed by atoms with E-state index in [0.29, 0.717) is 49.2 Å². The van der Waals surface area contributed by atoms with Crippen LogP contribution < -0.4 is 16.0 Å². The molecule has 4 amide bonds. The lowest BCUT2D eigenvalue weighted by Gasteiger charge is -2.36. The summed E-state index contributed by atoms with van der Waals surface area (Å²) < 4.78 is 0. The molecule has 3 aromatic rings. The van der Waals surface area contributed by atoms with E-state index in [-0.39, 0.29) is 34.5 Å². The number of rotatable bonds is 12. The van der Waals surface area contributed by atoms with E-state index in [4.69, 9.17) is 0 Å². The molecule has 0 unspecified atom stereocenters. The molecule has 224 valence electrons. The number of nitrogens with zero attached hydrogens (tertiary/aromatic N) is 2. The molecule has 9 heteroatoms. The first-order chi connectivity index (χ1) is 20.5. The molecular weight excluding hydrogens is 530 g/mol. The fourth-order valence-corrected chi connectivity index (χ4v) is 4.87. The summed E-state index contributed by atoms with van der Waals surface area (Å²) in [6, 6.07) is 18.5. The van der Waals surface area contributed by atoms with Crippen LogP contribution in [0.25, 0.3) is 0 Å². The fraction of sp³-hybridized carbons (Fsp3) is 0.303. The molecule has 0 fully saturated rings. The van der Waals surface area contributed by atoms with Crippen molar-refractivity contribution in [2.45, 2.75) is 51.1 Å². The van der Waals surface area contributed by atoms with Gasteiger partial charge in [0.25, 0.3) is 11.8 Å². The third kappa shape index (κ3) is 8.36. The minimum Gasteiger partial charge on any atom is -0.356 e. The van der Waals surface area contributed by atoms with E-state index in [2.05, 4.69) is 27.0 Å². The van der Waals surface area contributed by atoms with Crippen LogP contribution in [-0.4, -0.2) is 46.6 Å². The molecule has 1 aliphatic heterocycles. The Morgan fingerprint density at radius 1 is 0.976 bits per heavy atom. The smallest absolute Gasteiger partial charge is 0.252 e. The Labute approximate surface area is 250 Å². The van der Waals surface area contributed by atoms with Gasteiger partial charge in [0, 0.05) is 53.9 Å². The summed E-state index contributed by atoms with van der Waals surface area (Å²) in [5.74, 6) is -0.886. The standard InChI is InChI=1S/C33H37N5O4.3H2/c1-2-11-29(39)35-20-10-18-30(40)36-27-16-8-14-25(22-27)32(41)37-31(24-12-4-3-5-13-24)33(42)38-21-7-6-17-28(38)26-15-9-19-34-23-26;;;/h3-9,12-16,19,22-23,28,31H,2,10-11,17-18,20-21H2,1H3,(H,35,39)(H,36,40)(H,37,41);3*1H/t28-,31+;;;/m1.../s1. The molecule has 0 aliphatic carbocycles. The van der Waals surface area contributed by atoms with Crippen molar-refractivity contribution in [1.29, 1.82) is 0 Å². The Bertz CT molecular complexity index is 1410. The van der Waals surface area contributed by atoms with Gasteiger partial charge in [0.2, 0.25) is 11.8 Å². The van der Waals surface area contributed by atoms with Gasteiger partial charge >= 0.3 is 0 Å². The molecule has 2 aromatic carbocycles. The van der Waals surface area contributed by atoms with Gasteiger partial charge in [0.05, 0.1) is 6.04 Å². The van der Waals surface area contributed by atoms with E-state index in [1.165, 1.54) is 0 Å². The predicted molar refractivity (Wildman–Crippen MR) is 168 cm³/mol. The van der Waals surface area contributed by atoms with Crippen LogP contribution in [0.15, 0.2) is 91.3 Å². The Morgan fingerprint density at radius 3 is 2.57 bits per heavy atom. The zero-order chi connectivity index (χ0) is 29.7. The molecular formula is C33H43N5O4. The van der Waals surface area contributed by atoms with Crippen LogP contribution in [0.3, 0.4) is 0 Å². The van der Waals surface area contributed by atoms with Gasteiger partial charge in [-0.2, -0.15) is 0 Å². The first-order valence-electron chi connectivity index (χ1n) is 14.3. The average molecular weight is 574 g/mol. The normalized spacial score (nSPS) is 15.0. The highest BCUT2D eigenvalue weighted by Crippen LogP contribution is 2.30. The highest BCUT2D eigenvalue weighted by atomic mass is 16.2. The summed E-state index contributed by atoms with van der Waals surface area (Å²) in [5.41, 5.74) is 2.39. The Balaban J connectivity index is 0.00000337. The monoisotopic (exact) mass is 573 g/mol. The van der Waals surface area contributed by atoms with E-state index < -0.39 is 11.9 Å². The number of hydrogen-bond donors (Lipinski definition) is 3. The third-order valence-corrected chi connectivity index (χ3v) is 7.00. The molecule has 42 heavy (non-hydrogen) atoms. The second-order valence-electron chi connectivity index (χ2n) is 10.1. The van der Waals surface area contributed by atoms with E-state index in [9.17, 15) is 19.2 Å². The van der Waals surface area contributed by atoms with Crippen LogP contribution in [-0.2, 0) is 14.4 Å². The zero-order valence-electron chi connectivity index (χ0n) is 23.8. The van der Waals surface area contributed by atoms with Gasteiger partial charge < -0.3 is 20.9 Å². The molecule has 3 N–H and O–H groups in total. The highest BCUT2D eigenvalue weighted by Gasteiger charge is 2.33. The first-order valence-corrected chi connectivity index (χ1v) is 14.3. The topological polar surface area (TPSA) is 120 Å². The number of carbonyl (C=O) groups excluding carboxylic acids is 4. The summed E-state index contributed by atoms with van der Waals surface area (Å²) in [6.07, 6.45) is 10.1. The van der Waals surface area contributed by atoms with E-state index in [1.54, 1.807) is 41.6 Å². The quantitative estimate of drug-likeness (QED) is 0.196. The Kier molecular flexibility index (Phi) is 11.0. The van der Waals surface area contributed by atoms with Crippen molar-refractivity contribution in [2.75, 3.05) is 18.4 Å². The average Bonchev–Trinajstić information content (AvgIpc) is 3.02. The molecule has 1 aliphatic rings. The predicted octanol–water partition coefficient (Wildman–Crippen LogP) is 5.46. The summed E-state index contributed by atoms with van der Waals surface area (Å²) >= 11 is 0. The molecule has 4 rings (SSSR count). The number of nitrogens with one attached hydrogen (secondary N) is 3. The van der Waals surface area contributed by atoms with Gasteiger partial charge in [-0.25, -0.2) is 0 Å². The Morgan fingerprint density at radius 2 is 1.81 bits per heavy atom. The number of carbonyl (C=O) groups is 4. The summed E-state index contributed by atoms with van der Waals surface area (Å²) in [4.78, 5) is 57.6. The maximum atomic E-state index is 14.0. The first kappa shape index (κ1) is 30.2. The van der Waals surface area contributed by atoms with Crippen LogP contribution in [0.2, 0.25) is 0 Å². The van der Waals surface area contributed by atoms with Crippen LogP contribution in [0.4, 0.5) is 5.69 Å². The molecule has 2 heterocycles. The van der Waals surface area contributed by atoms with Crippen molar-refractivity contribution in [3.05, 3.63) is 108 Å². The van der Waals surface area contributed by atoms with Crippen molar-refractivity contribution < 1.29 is 23.5 Å². The van der Waals surface area contributed by atoms with Crippen LogP contribution in [0.1, 0.15) is 76.9 Å². The maximum Gasteiger partial charge on any atom is 0.252 e. The van der Waals surface area contributed by atoms with Gasteiger partial charge in [-0.3, -0.25) is 24.2 Å². The maximum absolute atomic E-state index is 14.0. The fourth-order valence-electron chi connectivity index (χ4n) is 4.87. The second-order valence-corrected chi connectivity index (χ2v) is 10.1. The van der Waals surface area contributed by atoms with Crippen LogP contribution in [0, 0.1) is 0 Å². The molecule has 0 radical (unpaired) electrons. The van der Waals surface area contributed by atoms with Gasteiger partial charge in [0.15, 0.2) is 0 Å². The van der Waals surface area contributed by atoms with E-state index in [0.717, 1.165) is 12.0 Å². The molecule has 0 saturated heterocycles. The lowest BCUT2D eigenvalue weighted by atomic mass is 9.97. The summed E-state index contributed by atoms with van der Waals surface area (Å²) in [5, 5.41) is 8.55. The number of anilines is 1. The number of benzene rings is 2. The van der Waals surface area contributed by atoms with E-state index in [1.807, 2.05) is 55.5 Å². The van der Waals surface area contributed by atoms with Crippen molar-refractivity contribution in [2.24, 2.45) is 0 Å². The van der Waals surface area contributed by atoms with Crippen LogP contribution >= 0.6 is 0 Å². The molecule has 0 spiro atoms. The SMILES string of the molecule is CCCC(=O)NCCCC(=O)Nc1cccc(C(=O)N[C@H](C(=O)N2CC=CC[C@@H]2c2cccnc2)c2ccccc2)c1.[HH].[HH].[HH]. The number of pyridine rings is 1. The number of hydrogen-bond acceptors (Lipinski definition) is 5. The summed E-state index contributed by atoms with van der Waals surface area (Å²) in [6.45, 7) is 2.78. The van der Waals surface area contributed by atoms with Crippen molar-refractivity contribution in [3.63, 3.8) is 0 Å². The van der Waals surface area contributed by atoms with Crippen LogP contribution in [0.5, 0.6) is 0 Å². The highest BCUT2D eigenvalue weighted by molar-refractivity contribution is 5.99. The molecule has 9 nitrogen and oxygen atoms in total. The molecule has 0 bridgehead atoms. The van der Waals surface area contributed by atoms with Gasteiger partial charge in [-0.15, -0.1) is 0 Å². The largest absolute Gasteiger partial charge is 0.356 e. The van der Waals surface area contributed by atoms with Gasteiger partial charge in [-0.1, -0.05) is 61.5 Å². The minimum absolute atomic E-state index is 0. The third-order valence-electron chi connectivity index (χ3n) is 7.00. The molecule has 1 aromatic heterocycles. The van der Waals surface area contributed by atoms with Gasteiger partial charge in [-0.05, 0) is 54.7 Å². The Hall–Kier alpha value is -4.79. The number of aromatic nitrogens is 1. The zero-order valence-corrected chi connectivity index (χ0v) is 23.8. The van der Waals surface area contributed by atoms with Gasteiger partial charge in [0.1, 0.15) is 6.04 Å². The van der Waals surface area contributed by atoms with Crippen molar-refractivity contribution in [3.8, 4) is 0 Å². The minimum atomic E-state index is -0.912. The lowest BCUT2D eigenvalue weighted by molar-refractivity contribution is -0.135. The van der Waals surface area contributed by atoms with E-state index >= 15 is 0 Å². The summed E-state index contributed by atoms with van der Waals surface area (Å²) in [7, 11) is 0. The molecule has 0 saturated carbocycles.